The van der Waals surface area contributed by atoms with Crippen molar-refractivity contribution in [2.24, 2.45) is 0 Å². The van der Waals surface area contributed by atoms with Crippen LogP contribution in [0.4, 0.5) is 0 Å². The standard InChI is InChI=1S/C16H20N2O4/c1-2-11-3-5-12(6-4-11)22-10-9-15(20)17-13-7-8-14(19)18-16(13)21/h3-6,13H,2,7-10H2,1H3,(H,17,20)(H,18,19,21). The molecule has 22 heavy (non-hydrogen) atoms. The number of hydrogen-bond donors (Lipinski definition) is 2. The zero-order chi connectivity index (χ0) is 15.9. The molecule has 0 aliphatic carbocycles. The average molecular weight is 304 g/mol. The number of carbonyl (C=O) groups is 3. The predicted molar refractivity (Wildman–Crippen MR) is 80.2 cm³/mol. The molecule has 1 aliphatic rings. The summed E-state index contributed by atoms with van der Waals surface area (Å²) in [6, 6.07) is 7.08. The summed E-state index contributed by atoms with van der Waals surface area (Å²) in [5.74, 6) is -0.291. The molecule has 0 saturated carbocycles. The van der Waals surface area contributed by atoms with E-state index in [-0.39, 0.29) is 31.3 Å². The average Bonchev–Trinajstić information content (AvgIpc) is 2.51. The molecule has 2 rings (SSSR count). The van der Waals surface area contributed by atoms with Gasteiger partial charge in [0.1, 0.15) is 11.8 Å². The van der Waals surface area contributed by atoms with Crippen LogP contribution < -0.4 is 15.4 Å². The molecular formula is C16H20N2O4. The monoisotopic (exact) mass is 304 g/mol. The van der Waals surface area contributed by atoms with Crippen LogP contribution in [0.5, 0.6) is 5.75 Å². The predicted octanol–water partition coefficient (Wildman–Crippen LogP) is 0.939. The highest BCUT2D eigenvalue weighted by atomic mass is 16.5. The summed E-state index contributed by atoms with van der Waals surface area (Å²) in [4.78, 5) is 34.3. The molecule has 1 fully saturated rings. The van der Waals surface area contributed by atoms with Crippen LogP contribution in [-0.2, 0) is 20.8 Å². The number of benzene rings is 1. The zero-order valence-corrected chi connectivity index (χ0v) is 12.6. The lowest BCUT2D eigenvalue weighted by molar-refractivity contribution is -0.137. The molecule has 6 heteroatoms. The summed E-state index contributed by atoms with van der Waals surface area (Å²) in [7, 11) is 0. The van der Waals surface area contributed by atoms with Gasteiger partial charge in [-0.25, -0.2) is 0 Å². The van der Waals surface area contributed by atoms with Crippen molar-refractivity contribution in [1.29, 1.82) is 0 Å². The first-order valence-electron chi connectivity index (χ1n) is 7.43. The van der Waals surface area contributed by atoms with Crippen LogP contribution in [0.25, 0.3) is 0 Å². The van der Waals surface area contributed by atoms with Crippen LogP contribution >= 0.6 is 0 Å². The quantitative estimate of drug-likeness (QED) is 0.766. The van der Waals surface area contributed by atoms with Gasteiger partial charge in [0.15, 0.2) is 0 Å². The van der Waals surface area contributed by atoms with E-state index in [2.05, 4.69) is 17.6 Å². The number of piperidine rings is 1. The van der Waals surface area contributed by atoms with Crippen molar-refractivity contribution in [2.45, 2.75) is 38.6 Å². The van der Waals surface area contributed by atoms with Crippen LogP contribution in [-0.4, -0.2) is 30.4 Å². The van der Waals surface area contributed by atoms with Gasteiger partial charge in [0.05, 0.1) is 13.0 Å². The number of carbonyl (C=O) groups excluding carboxylic acids is 3. The van der Waals surface area contributed by atoms with Crippen LogP contribution in [0.3, 0.4) is 0 Å². The first-order valence-corrected chi connectivity index (χ1v) is 7.43. The molecule has 2 N–H and O–H groups in total. The maximum Gasteiger partial charge on any atom is 0.249 e. The minimum Gasteiger partial charge on any atom is -0.493 e. The fourth-order valence-corrected chi connectivity index (χ4v) is 2.18. The number of rotatable bonds is 6. The zero-order valence-electron chi connectivity index (χ0n) is 12.6. The van der Waals surface area contributed by atoms with Crippen molar-refractivity contribution < 1.29 is 19.1 Å². The molecule has 0 radical (unpaired) electrons. The number of amides is 3. The van der Waals surface area contributed by atoms with Crippen molar-refractivity contribution in [2.75, 3.05) is 6.61 Å². The molecule has 0 aromatic heterocycles. The van der Waals surface area contributed by atoms with Crippen LogP contribution in [0.2, 0.25) is 0 Å². The molecule has 1 unspecified atom stereocenters. The Hall–Kier alpha value is -2.37. The van der Waals surface area contributed by atoms with Gasteiger partial charge in [-0.05, 0) is 30.5 Å². The second kappa shape index (κ2) is 7.59. The highest BCUT2D eigenvalue weighted by Gasteiger charge is 2.27. The number of nitrogens with one attached hydrogen (secondary N) is 2. The molecule has 1 aliphatic heterocycles. The minimum atomic E-state index is -0.631. The first-order chi connectivity index (χ1) is 10.6. The van der Waals surface area contributed by atoms with Gasteiger partial charge in [0, 0.05) is 6.42 Å². The summed E-state index contributed by atoms with van der Waals surface area (Å²) < 4.78 is 5.49. The minimum absolute atomic E-state index is 0.160. The lowest BCUT2D eigenvalue weighted by Gasteiger charge is -2.21. The number of aryl methyl sites for hydroxylation is 1. The Labute approximate surface area is 129 Å². The second-order valence-corrected chi connectivity index (χ2v) is 5.17. The van der Waals surface area contributed by atoms with Crippen molar-refractivity contribution in [1.82, 2.24) is 10.6 Å². The van der Waals surface area contributed by atoms with Crippen LogP contribution in [0, 0.1) is 0 Å². The molecule has 0 spiro atoms. The molecule has 6 nitrogen and oxygen atoms in total. The lowest BCUT2D eigenvalue weighted by Crippen LogP contribution is -2.52. The maximum atomic E-state index is 11.8. The van der Waals surface area contributed by atoms with Gasteiger partial charge in [0.25, 0.3) is 0 Å². The van der Waals surface area contributed by atoms with Crippen LogP contribution in [0.1, 0.15) is 31.7 Å². The third-order valence-electron chi connectivity index (χ3n) is 3.50. The van der Waals surface area contributed by atoms with E-state index in [1.54, 1.807) is 0 Å². The largest absolute Gasteiger partial charge is 0.493 e. The van der Waals surface area contributed by atoms with Gasteiger partial charge in [-0.2, -0.15) is 0 Å². The summed E-state index contributed by atoms with van der Waals surface area (Å²) in [6.07, 6.45) is 1.72. The lowest BCUT2D eigenvalue weighted by atomic mass is 10.1. The third kappa shape index (κ3) is 4.58. The highest BCUT2D eigenvalue weighted by molar-refractivity contribution is 6.01. The molecule has 1 atom stereocenters. The molecule has 1 saturated heterocycles. The van der Waals surface area contributed by atoms with Crippen LogP contribution in [0.15, 0.2) is 24.3 Å². The van der Waals surface area contributed by atoms with E-state index >= 15 is 0 Å². The molecule has 0 bridgehead atoms. The van der Waals surface area contributed by atoms with E-state index in [0.29, 0.717) is 12.2 Å². The van der Waals surface area contributed by atoms with Gasteiger partial charge in [-0.3, -0.25) is 19.7 Å². The van der Waals surface area contributed by atoms with Gasteiger partial charge in [-0.15, -0.1) is 0 Å². The maximum absolute atomic E-state index is 11.8. The molecule has 3 amide bonds. The summed E-state index contributed by atoms with van der Waals surface area (Å²) >= 11 is 0. The van der Waals surface area contributed by atoms with Gasteiger partial charge >= 0.3 is 0 Å². The molecule has 1 aromatic carbocycles. The smallest absolute Gasteiger partial charge is 0.249 e. The SMILES string of the molecule is CCc1ccc(OCCC(=O)NC2CCC(=O)NC2=O)cc1. The summed E-state index contributed by atoms with van der Waals surface area (Å²) in [5.41, 5.74) is 1.22. The number of ether oxygens (including phenoxy) is 1. The Morgan fingerprint density at radius 1 is 1.32 bits per heavy atom. The van der Waals surface area contributed by atoms with Crippen molar-refractivity contribution in [3.05, 3.63) is 29.8 Å². The van der Waals surface area contributed by atoms with Crippen molar-refractivity contribution in [3.63, 3.8) is 0 Å². The van der Waals surface area contributed by atoms with E-state index in [1.807, 2.05) is 24.3 Å². The second-order valence-electron chi connectivity index (χ2n) is 5.17. The van der Waals surface area contributed by atoms with E-state index in [4.69, 9.17) is 4.74 Å². The van der Waals surface area contributed by atoms with E-state index in [9.17, 15) is 14.4 Å². The normalized spacial score (nSPS) is 17.8. The highest BCUT2D eigenvalue weighted by Crippen LogP contribution is 2.12. The van der Waals surface area contributed by atoms with Crippen molar-refractivity contribution >= 4 is 17.7 Å². The molecule has 118 valence electrons. The Balaban J connectivity index is 1.71. The molecule has 1 aromatic rings. The summed E-state index contributed by atoms with van der Waals surface area (Å²) in [5, 5.41) is 4.81. The van der Waals surface area contributed by atoms with Gasteiger partial charge < -0.3 is 10.1 Å². The van der Waals surface area contributed by atoms with Crippen molar-refractivity contribution in [3.8, 4) is 5.75 Å². The van der Waals surface area contributed by atoms with E-state index < -0.39 is 11.9 Å². The molecule has 1 heterocycles. The van der Waals surface area contributed by atoms with E-state index in [0.717, 1.165) is 6.42 Å². The topological polar surface area (TPSA) is 84.5 Å². The Kier molecular flexibility index (Phi) is 5.52. The first kappa shape index (κ1) is 16.0. The fraction of sp³-hybridized carbons (Fsp3) is 0.438. The Morgan fingerprint density at radius 3 is 2.68 bits per heavy atom. The third-order valence-corrected chi connectivity index (χ3v) is 3.50. The van der Waals surface area contributed by atoms with Gasteiger partial charge in [-0.1, -0.05) is 19.1 Å². The fourth-order valence-electron chi connectivity index (χ4n) is 2.18. The Bertz CT molecular complexity index is 554. The summed E-state index contributed by atoms with van der Waals surface area (Å²) in [6.45, 7) is 2.32. The Morgan fingerprint density at radius 2 is 2.05 bits per heavy atom. The van der Waals surface area contributed by atoms with E-state index in [1.165, 1.54) is 5.56 Å². The number of imide groups is 1. The number of hydrogen-bond acceptors (Lipinski definition) is 4. The van der Waals surface area contributed by atoms with Gasteiger partial charge in [0.2, 0.25) is 17.7 Å². The molecular weight excluding hydrogens is 284 g/mol.